The number of halogens is 1. The molecule has 0 bridgehead atoms. The zero-order valence-electron chi connectivity index (χ0n) is 19.0. The first-order chi connectivity index (χ1) is 16.5. The Morgan fingerprint density at radius 3 is 2.71 bits per heavy atom. The lowest BCUT2D eigenvalue weighted by atomic mass is 9.91. The van der Waals surface area contributed by atoms with Crippen LogP contribution in [0.15, 0.2) is 36.5 Å². The van der Waals surface area contributed by atoms with E-state index in [1.807, 2.05) is 24.3 Å². The van der Waals surface area contributed by atoms with E-state index in [9.17, 15) is 9.18 Å². The molecule has 3 aromatic rings. The van der Waals surface area contributed by atoms with Gasteiger partial charge in [-0.15, -0.1) is 0 Å². The molecule has 0 radical (unpaired) electrons. The number of rotatable bonds is 8. The predicted octanol–water partition coefficient (Wildman–Crippen LogP) is 4.12. The Bertz CT molecular complexity index is 1210. The second kappa shape index (κ2) is 9.42. The number of hydrogen-bond donors (Lipinski definition) is 5. The van der Waals surface area contributed by atoms with E-state index in [2.05, 4.69) is 25.9 Å². The van der Waals surface area contributed by atoms with E-state index in [-0.39, 0.29) is 29.3 Å². The van der Waals surface area contributed by atoms with Crippen molar-refractivity contribution in [2.75, 3.05) is 22.5 Å². The van der Waals surface area contributed by atoms with Crippen LogP contribution in [-0.4, -0.2) is 34.5 Å². The molecule has 8 nitrogen and oxygen atoms in total. The lowest BCUT2D eigenvalue weighted by Crippen LogP contribution is -2.43. The van der Waals surface area contributed by atoms with Crippen LogP contribution in [-0.2, 0) is 0 Å². The number of nitrogens with zero attached hydrogens (tertiary/aromatic N) is 2. The Kier molecular flexibility index (Phi) is 6.19. The summed E-state index contributed by atoms with van der Waals surface area (Å²) in [5.74, 6) is -0.436. The molecule has 0 saturated heterocycles. The van der Waals surface area contributed by atoms with Crippen LogP contribution in [0.1, 0.15) is 48.9 Å². The van der Waals surface area contributed by atoms with Gasteiger partial charge in [-0.3, -0.25) is 9.78 Å². The van der Waals surface area contributed by atoms with Crippen LogP contribution in [0, 0.1) is 11.7 Å². The number of pyridine rings is 2. The highest BCUT2D eigenvalue weighted by molar-refractivity contribution is 5.99. The third kappa shape index (κ3) is 4.89. The lowest BCUT2D eigenvalue weighted by Gasteiger charge is -2.30. The number of carbonyl (C=O) groups excluding carboxylic acids is 1. The van der Waals surface area contributed by atoms with E-state index < -0.39 is 11.7 Å². The van der Waals surface area contributed by atoms with Crippen molar-refractivity contribution in [2.24, 2.45) is 17.4 Å². The first kappa shape index (κ1) is 22.3. The van der Waals surface area contributed by atoms with Crippen LogP contribution < -0.4 is 27.4 Å². The third-order valence-electron chi connectivity index (χ3n) is 6.63. The van der Waals surface area contributed by atoms with Crippen LogP contribution >= 0.6 is 0 Å². The summed E-state index contributed by atoms with van der Waals surface area (Å²) in [6.07, 6.45) is 8.03. The number of hydrogen-bond acceptors (Lipinski definition) is 7. The molecular weight excluding hydrogens is 433 g/mol. The molecule has 2 aliphatic carbocycles. The van der Waals surface area contributed by atoms with E-state index in [0.29, 0.717) is 5.69 Å². The Morgan fingerprint density at radius 1 is 1.12 bits per heavy atom. The van der Waals surface area contributed by atoms with Crippen molar-refractivity contribution in [1.29, 1.82) is 0 Å². The van der Waals surface area contributed by atoms with Crippen molar-refractivity contribution >= 4 is 39.8 Å². The Morgan fingerprint density at radius 2 is 1.94 bits per heavy atom. The van der Waals surface area contributed by atoms with Crippen LogP contribution in [0.2, 0.25) is 0 Å². The Labute approximate surface area is 197 Å². The van der Waals surface area contributed by atoms with Gasteiger partial charge in [-0.05, 0) is 49.8 Å². The first-order valence-electron chi connectivity index (χ1n) is 11.9. The summed E-state index contributed by atoms with van der Waals surface area (Å²) in [6.45, 7) is 0.947. The van der Waals surface area contributed by atoms with E-state index in [1.54, 1.807) is 6.20 Å². The number of aromatic nitrogens is 2. The number of primary amides is 1. The van der Waals surface area contributed by atoms with Gasteiger partial charge in [0.25, 0.3) is 5.91 Å². The molecule has 0 unspecified atom stereocenters. The topological polar surface area (TPSA) is 131 Å². The minimum absolute atomic E-state index is 0.0315. The molecule has 0 aliphatic heterocycles. The van der Waals surface area contributed by atoms with Crippen molar-refractivity contribution in [3.8, 4) is 0 Å². The van der Waals surface area contributed by atoms with Crippen LogP contribution in [0.3, 0.4) is 0 Å². The molecule has 2 fully saturated rings. The number of carbonyl (C=O) groups is 1. The summed E-state index contributed by atoms with van der Waals surface area (Å²) >= 11 is 0. The van der Waals surface area contributed by atoms with Gasteiger partial charge in [-0.25, -0.2) is 9.37 Å². The Balaban J connectivity index is 1.42. The smallest absolute Gasteiger partial charge is 0.252 e. The number of anilines is 4. The molecule has 1 amide bonds. The second-order valence-corrected chi connectivity index (χ2v) is 9.33. The fraction of sp³-hybridized carbons (Fsp3) is 0.400. The zero-order chi connectivity index (χ0) is 23.7. The highest BCUT2D eigenvalue weighted by Crippen LogP contribution is 2.31. The molecule has 5 rings (SSSR count). The SMILES string of the molecule is NC(=O)c1cc(F)c(N[C@@H]2CCCC[C@@H]2N)nc1Nc1cnc2c(NCC3CC3)cccc2c1. The predicted molar refractivity (Wildman–Crippen MR) is 133 cm³/mol. The molecule has 2 aliphatic rings. The second-order valence-electron chi connectivity index (χ2n) is 9.33. The van der Waals surface area contributed by atoms with Crippen LogP contribution in [0.5, 0.6) is 0 Å². The molecule has 9 heteroatoms. The van der Waals surface area contributed by atoms with E-state index in [0.717, 1.165) is 60.8 Å². The molecule has 2 aromatic heterocycles. The number of fused-ring (bicyclic) bond motifs is 1. The summed E-state index contributed by atoms with van der Waals surface area (Å²) in [4.78, 5) is 21.0. The van der Waals surface area contributed by atoms with Crippen molar-refractivity contribution < 1.29 is 9.18 Å². The molecule has 2 heterocycles. The van der Waals surface area contributed by atoms with Crippen molar-refractivity contribution in [1.82, 2.24) is 9.97 Å². The fourth-order valence-electron chi connectivity index (χ4n) is 4.47. The summed E-state index contributed by atoms with van der Waals surface area (Å²) in [7, 11) is 0. The van der Waals surface area contributed by atoms with Gasteiger partial charge in [0.15, 0.2) is 11.6 Å². The minimum atomic E-state index is -0.768. The summed E-state index contributed by atoms with van der Waals surface area (Å²) < 4.78 is 14.8. The molecule has 178 valence electrons. The van der Waals surface area contributed by atoms with Gasteiger partial charge in [0, 0.05) is 24.0 Å². The Hall–Kier alpha value is -3.46. The first-order valence-corrected chi connectivity index (χ1v) is 11.9. The third-order valence-corrected chi connectivity index (χ3v) is 6.63. The van der Waals surface area contributed by atoms with Crippen molar-refractivity contribution in [3.05, 3.63) is 47.9 Å². The van der Waals surface area contributed by atoms with Gasteiger partial charge in [-0.1, -0.05) is 25.0 Å². The van der Waals surface area contributed by atoms with E-state index in [4.69, 9.17) is 11.5 Å². The largest absolute Gasteiger partial charge is 0.383 e. The van der Waals surface area contributed by atoms with Crippen LogP contribution in [0.4, 0.5) is 27.4 Å². The number of para-hydroxylation sites is 1. The van der Waals surface area contributed by atoms with Gasteiger partial charge >= 0.3 is 0 Å². The average molecular weight is 464 g/mol. The van der Waals surface area contributed by atoms with Gasteiger partial charge in [0.05, 0.1) is 28.7 Å². The van der Waals surface area contributed by atoms with Gasteiger partial charge in [0.1, 0.15) is 5.82 Å². The maximum Gasteiger partial charge on any atom is 0.252 e. The lowest BCUT2D eigenvalue weighted by molar-refractivity contribution is 0.100. The highest BCUT2D eigenvalue weighted by atomic mass is 19.1. The molecule has 2 saturated carbocycles. The van der Waals surface area contributed by atoms with E-state index in [1.165, 1.54) is 12.8 Å². The normalized spacial score (nSPS) is 20.2. The molecule has 7 N–H and O–H groups in total. The summed E-state index contributed by atoms with van der Waals surface area (Å²) in [5.41, 5.74) is 14.2. The van der Waals surface area contributed by atoms with E-state index >= 15 is 0 Å². The minimum Gasteiger partial charge on any atom is -0.383 e. The maximum atomic E-state index is 14.8. The summed E-state index contributed by atoms with van der Waals surface area (Å²) in [5, 5.41) is 10.7. The zero-order valence-corrected chi connectivity index (χ0v) is 19.0. The molecule has 34 heavy (non-hydrogen) atoms. The average Bonchev–Trinajstić information content (AvgIpc) is 3.65. The number of benzene rings is 1. The number of nitrogens with one attached hydrogen (secondary N) is 3. The number of nitrogens with two attached hydrogens (primary N) is 2. The highest BCUT2D eigenvalue weighted by Gasteiger charge is 2.25. The standard InChI is InChI=1S/C25H30FN7O/c26-18-11-17(23(28)34)24(33-25(18)32-20-6-2-1-5-19(20)27)31-16-10-15-4-3-7-21(22(15)30-13-16)29-12-14-8-9-14/h3-4,7,10-11,13-14,19-20,29H,1-2,5-6,8-9,12,27H2,(H2,28,34)(H2,31,32,33)/t19-,20+/m0/s1. The van der Waals surface area contributed by atoms with Gasteiger partial charge in [-0.2, -0.15) is 0 Å². The fourth-order valence-corrected chi connectivity index (χ4v) is 4.47. The number of amides is 1. The molecule has 1 aromatic carbocycles. The molecule has 2 atom stereocenters. The van der Waals surface area contributed by atoms with Gasteiger partial charge in [0.2, 0.25) is 0 Å². The monoisotopic (exact) mass is 463 g/mol. The molecular formula is C25H30FN7O. The molecule has 0 spiro atoms. The van der Waals surface area contributed by atoms with Crippen LogP contribution in [0.25, 0.3) is 10.9 Å². The quantitative estimate of drug-likeness (QED) is 0.340. The van der Waals surface area contributed by atoms with Crippen molar-refractivity contribution in [2.45, 2.75) is 50.6 Å². The van der Waals surface area contributed by atoms with Gasteiger partial charge < -0.3 is 27.4 Å². The summed E-state index contributed by atoms with van der Waals surface area (Å²) in [6, 6.07) is 8.85. The van der Waals surface area contributed by atoms with Crippen molar-refractivity contribution in [3.63, 3.8) is 0 Å². The maximum absolute atomic E-state index is 14.8.